The molecule has 15 heavy (non-hydrogen) atoms. The van der Waals surface area contributed by atoms with Crippen molar-refractivity contribution in [3.8, 4) is 5.75 Å². The van der Waals surface area contributed by atoms with Crippen molar-refractivity contribution in [3.63, 3.8) is 0 Å². The molecule has 0 aliphatic heterocycles. The molecular formula is C9H7F5O. The highest BCUT2D eigenvalue weighted by Gasteiger charge is 2.44. The number of hydrogen-bond donors (Lipinski definition) is 0. The molecule has 0 saturated heterocycles. The van der Waals surface area contributed by atoms with Gasteiger partial charge in [0.2, 0.25) is 0 Å². The minimum absolute atomic E-state index is 0.211. The Morgan fingerprint density at radius 3 is 2.33 bits per heavy atom. The number of benzene rings is 1. The zero-order valence-corrected chi connectivity index (χ0v) is 7.61. The van der Waals surface area contributed by atoms with Gasteiger partial charge in [-0.05, 0) is 18.6 Å². The van der Waals surface area contributed by atoms with E-state index in [1.165, 1.54) is 6.92 Å². The molecule has 0 amide bonds. The molecular weight excluding hydrogens is 219 g/mol. The zero-order chi connectivity index (χ0) is 11.6. The SMILES string of the molecule is Cc1ccc(OC(F)(F)C(F)F)cc1F. The first-order valence-electron chi connectivity index (χ1n) is 3.94. The zero-order valence-electron chi connectivity index (χ0n) is 7.61. The first-order valence-corrected chi connectivity index (χ1v) is 3.94. The molecule has 0 aliphatic rings. The van der Waals surface area contributed by atoms with E-state index in [1.807, 2.05) is 0 Å². The van der Waals surface area contributed by atoms with Crippen LogP contribution < -0.4 is 4.74 Å². The molecule has 84 valence electrons. The lowest BCUT2D eigenvalue weighted by Crippen LogP contribution is -2.33. The topological polar surface area (TPSA) is 9.23 Å². The minimum Gasteiger partial charge on any atom is -0.428 e. The number of rotatable bonds is 3. The van der Waals surface area contributed by atoms with Crippen molar-refractivity contribution in [2.75, 3.05) is 0 Å². The maximum atomic E-state index is 12.8. The number of halogens is 5. The summed E-state index contributed by atoms with van der Waals surface area (Å²) >= 11 is 0. The molecule has 0 N–H and O–H groups in total. The standard InChI is InChI=1S/C9H7F5O/c1-5-2-3-6(4-7(5)10)15-9(13,14)8(11)12/h2-4,8H,1H3. The Labute approximate surface area is 82.5 Å². The van der Waals surface area contributed by atoms with Gasteiger partial charge in [0.05, 0.1) is 0 Å². The Morgan fingerprint density at radius 1 is 1.27 bits per heavy atom. The van der Waals surface area contributed by atoms with Gasteiger partial charge in [-0.3, -0.25) is 0 Å². The fourth-order valence-corrected chi connectivity index (χ4v) is 0.839. The number of ether oxygens (including phenoxy) is 1. The van der Waals surface area contributed by atoms with E-state index in [1.54, 1.807) is 0 Å². The van der Waals surface area contributed by atoms with Gasteiger partial charge in [0.1, 0.15) is 11.6 Å². The smallest absolute Gasteiger partial charge is 0.428 e. The highest BCUT2D eigenvalue weighted by molar-refractivity contribution is 5.28. The van der Waals surface area contributed by atoms with E-state index in [4.69, 9.17) is 0 Å². The predicted molar refractivity (Wildman–Crippen MR) is 42.7 cm³/mol. The molecule has 0 saturated carbocycles. The summed E-state index contributed by atoms with van der Waals surface area (Å²) in [5, 5.41) is 0. The molecule has 6 heteroatoms. The molecule has 0 bridgehead atoms. The highest BCUT2D eigenvalue weighted by Crippen LogP contribution is 2.28. The second-order valence-electron chi connectivity index (χ2n) is 2.88. The molecule has 1 nitrogen and oxygen atoms in total. The summed E-state index contributed by atoms with van der Waals surface area (Å²) in [6, 6.07) is 2.78. The van der Waals surface area contributed by atoms with Crippen LogP contribution in [0, 0.1) is 12.7 Å². The third-order valence-corrected chi connectivity index (χ3v) is 1.65. The number of aryl methyl sites for hydroxylation is 1. The summed E-state index contributed by atoms with van der Waals surface area (Å²) in [7, 11) is 0. The first-order chi connectivity index (χ1) is 6.83. The molecule has 0 aliphatic carbocycles. The Kier molecular flexibility index (Phi) is 3.16. The van der Waals surface area contributed by atoms with Gasteiger partial charge in [-0.15, -0.1) is 0 Å². The van der Waals surface area contributed by atoms with Crippen LogP contribution in [-0.2, 0) is 0 Å². The summed E-state index contributed by atoms with van der Waals surface area (Å²) in [5.41, 5.74) is 0.211. The van der Waals surface area contributed by atoms with E-state index in [2.05, 4.69) is 4.74 Å². The Bertz CT molecular complexity index is 350. The normalized spacial score (nSPS) is 11.9. The van der Waals surface area contributed by atoms with E-state index in [0.29, 0.717) is 6.07 Å². The van der Waals surface area contributed by atoms with Gasteiger partial charge in [-0.2, -0.15) is 17.6 Å². The minimum atomic E-state index is -4.61. The molecule has 0 atom stereocenters. The van der Waals surface area contributed by atoms with Crippen molar-refractivity contribution in [3.05, 3.63) is 29.6 Å². The van der Waals surface area contributed by atoms with E-state index < -0.39 is 24.1 Å². The lowest BCUT2D eigenvalue weighted by molar-refractivity contribution is -0.253. The van der Waals surface area contributed by atoms with Crippen molar-refractivity contribution in [2.45, 2.75) is 19.5 Å². The number of alkyl halides is 4. The maximum absolute atomic E-state index is 12.8. The largest absolute Gasteiger partial charge is 0.461 e. The van der Waals surface area contributed by atoms with E-state index in [9.17, 15) is 22.0 Å². The lowest BCUT2D eigenvalue weighted by atomic mass is 10.2. The summed E-state index contributed by atoms with van der Waals surface area (Å²) in [6.45, 7) is 1.41. The van der Waals surface area contributed by atoms with E-state index in [-0.39, 0.29) is 5.56 Å². The third kappa shape index (κ3) is 2.81. The Balaban J connectivity index is 2.86. The first kappa shape index (κ1) is 11.7. The second-order valence-corrected chi connectivity index (χ2v) is 2.88. The quantitative estimate of drug-likeness (QED) is 0.718. The average molecular weight is 226 g/mol. The average Bonchev–Trinajstić information content (AvgIpc) is 2.10. The molecule has 0 aromatic heterocycles. The molecule has 0 unspecified atom stereocenters. The lowest BCUT2D eigenvalue weighted by Gasteiger charge is -2.16. The summed E-state index contributed by atoms with van der Waals surface area (Å²) < 4.78 is 64.7. The van der Waals surface area contributed by atoms with Crippen molar-refractivity contribution in [1.82, 2.24) is 0 Å². The van der Waals surface area contributed by atoms with Crippen LogP contribution in [0.2, 0.25) is 0 Å². The van der Waals surface area contributed by atoms with Gasteiger partial charge in [0, 0.05) is 6.07 Å². The molecule has 0 radical (unpaired) electrons. The number of hydrogen-bond acceptors (Lipinski definition) is 1. The van der Waals surface area contributed by atoms with Crippen LogP contribution in [0.1, 0.15) is 5.56 Å². The molecule has 0 heterocycles. The molecule has 1 aromatic carbocycles. The van der Waals surface area contributed by atoms with Crippen molar-refractivity contribution in [1.29, 1.82) is 0 Å². The van der Waals surface area contributed by atoms with Gasteiger partial charge < -0.3 is 4.74 Å². The van der Waals surface area contributed by atoms with Crippen LogP contribution in [0.5, 0.6) is 5.75 Å². The van der Waals surface area contributed by atoms with E-state index >= 15 is 0 Å². The monoisotopic (exact) mass is 226 g/mol. The van der Waals surface area contributed by atoms with Crippen LogP contribution in [0.4, 0.5) is 22.0 Å². The van der Waals surface area contributed by atoms with Crippen LogP contribution >= 0.6 is 0 Å². The van der Waals surface area contributed by atoms with Gasteiger partial charge in [-0.25, -0.2) is 4.39 Å². The highest BCUT2D eigenvalue weighted by atomic mass is 19.3. The Morgan fingerprint density at radius 2 is 1.87 bits per heavy atom. The van der Waals surface area contributed by atoms with Gasteiger partial charge in [0.15, 0.2) is 0 Å². The molecule has 1 aromatic rings. The van der Waals surface area contributed by atoms with Gasteiger partial charge in [0.25, 0.3) is 0 Å². The van der Waals surface area contributed by atoms with Crippen LogP contribution in [0.3, 0.4) is 0 Å². The van der Waals surface area contributed by atoms with Crippen LogP contribution in [-0.4, -0.2) is 12.5 Å². The Hall–Kier alpha value is -1.33. The van der Waals surface area contributed by atoms with Crippen molar-refractivity contribution in [2.24, 2.45) is 0 Å². The van der Waals surface area contributed by atoms with Crippen LogP contribution in [0.25, 0.3) is 0 Å². The summed E-state index contributed by atoms with van der Waals surface area (Å²) in [5.74, 6) is -1.43. The summed E-state index contributed by atoms with van der Waals surface area (Å²) in [4.78, 5) is 0. The van der Waals surface area contributed by atoms with E-state index in [0.717, 1.165) is 12.1 Å². The molecule has 1 rings (SSSR count). The molecule has 0 fully saturated rings. The predicted octanol–water partition coefficient (Wildman–Crippen LogP) is 3.37. The second kappa shape index (κ2) is 4.04. The fraction of sp³-hybridized carbons (Fsp3) is 0.333. The van der Waals surface area contributed by atoms with Crippen molar-refractivity contribution >= 4 is 0 Å². The van der Waals surface area contributed by atoms with Gasteiger partial charge in [-0.1, -0.05) is 6.07 Å². The maximum Gasteiger partial charge on any atom is 0.461 e. The van der Waals surface area contributed by atoms with Gasteiger partial charge >= 0.3 is 12.5 Å². The summed E-state index contributed by atoms with van der Waals surface area (Å²) in [6.07, 6.45) is -8.57. The van der Waals surface area contributed by atoms with Crippen molar-refractivity contribution < 1.29 is 26.7 Å². The molecule has 0 spiro atoms. The fourth-order valence-electron chi connectivity index (χ4n) is 0.839. The van der Waals surface area contributed by atoms with Crippen LogP contribution in [0.15, 0.2) is 18.2 Å². The third-order valence-electron chi connectivity index (χ3n) is 1.65.